The van der Waals surface area contributed by atoms with Gasteiger partial charge in [0.25, 0.3) is 0 Å². The Morgan fingerprint density at radius 2 is 2.00 bits per heavy atom. The fraction of sp³-hybridized carbons (Fsp3) is 1.00. The molecule has 1 saturated heterocycles. The maximum absolute atomic E-state index is 5.96. The molecular formula is C12H25NO2. The first-order valence-electron chi connectivity index (χ1n) is 6.15. The molecule has 3 nitrogen and oxygen atoms in total. The Hall–Kier alpha value is -0.120. The SMILES string of the molecule is CCC(CC)(CN)OCC1CCC(C)O1. The topological polar surface area (TPSA) is 44.5 Å². The van der Waals surface area contributed by atoms with E-state index in [0.717, 1.165) is 25.7 Å². The summed E-state index contributed by atoms with van der Waals surface area (Å²) in [6.07, 6.45) is 4.90. The number of ether oxygens (including phenoxy) is 2. The van der Waals surface area contributed by atoms with Gasteiger partial charge >= 0.3 is 0 Å². The molecule has 1 aliphatic rings. The fourth-order valence-corrected chi connectivity index (χ4v) is 2.08. The van der Waals surface area contributed by atoms with Crippen LogP contribution in [-0.4, -0.2) is 31.0 Å². The van der Waals surface area contributed by atoms with Crippen LogP contribution in [0.25, 0.3) is 0 Å². The van der Waals surface area contributed by atoms with Gasteiger partial charge in [-0.25, -0.2) is 0 Å². The second kappa shape index (κ2) is 5.83. The van der Waals surface area contributed by atoms with Gasteiger partial charge in [-0.15, -0.1) is 0 Å². The first kappa shape index (κ1) is 12.9. The van der Waals surface area contributed by atoms with Gasteiger partial charge in [-0.3, -0.25) is 0 Å². The van der Waals surface area contributed by atoms with Gasteiger partial charge in [0.2, 0.25) is 0 Å². The van der Waals surface area contributed by atoms with E-state index in [-0.39, 0.29) is 11.7 Å². The molecule has 2 atom stereocenters. The van der Waals surface area contributed by atoms with E-state index in [1.807, 2.05) is 0 Å². The van der Waals surface area contributed by atoms with E-state index in [2.05, 4.69) is 20.8 Å². The average molecular weight is 215 g/mol. The summed E-state index contributed by atoms with van der Waals surface area (Å²) in [5.41, 5.74) is 5.65. The molecule has 1 heterocycles. The zero-order valence-corrected chi connectivity index (χ0v) is 10.3. The number of hydrogen-bond donors (Lipinski definition) is 1. The molecule has 0 aromatic carbocycles. The maximum Gasteiger partial charge on any atom is 0.0813 e. The molecule has 0 aromatic rings. The Balaban J connectivity index is 2.33. The molecule has 2 unspecified atom stereocenters. The van der Waals surface area contributed by atoms with Crippen molar-refractivity contribution >= 4 is 0 Å². The van der Waals surface area contributed by atoms with Crippen LogP contribution in [0.5, 0.6) is 0 Å². The van der Waals surface area contributed by atoms with Crippen molar-refractivity contribution < 1.29 is 9.47 Å². The van der Waals surface area contributed by atoms with Crippen molar-refractivity contribution in [2.45, 2.75) is 64.3 Å². The van der Waals surface area contributed by atoms with E-state index in [1.54, 1.807) is 0 Å². The summed E-state index contributed by atoms with van der Waals surface area (Å²) in [6.45, 7) is 7.68. The summed E-state index contributed by atoms with van der Waals surface area (Å²) < 4.78 is 11.7. The minimum atomic E-state index is -0.130. The van der Waals surface area contributed by atoms with Crippen molar-refractivity contribution in [3.05, 3.63) is 0 Å². The summed E-state index contributed by atoms with van der Waals surface area (Å²) in [6, 6.07) is 0. The molecule has 3 heteroatoms. The summed E-state index contributed by atoms with van der Waals surface area (Å²) in [5, 5.41) is 0. The monoisotopic (exact) mass is 215 g/mol. The zero-order chi connectivity index (χ0) is 11.3. The second-order valence-electron chi connectivity index (χ2n) is 4.55. The number of hydrogen-bond acceptors (Lipinski definition) is 3. The molecule has 0 aliphatic carbocycles. The normalized spacial score (nSPS) is 27.2. The third-order valence-corrected chi connectivity index (χ3v) is 3.56. The van der Waals surface area contributed by atoms with E-state index < -0.39 is 0 Å². The first-order valence-corrected chi connectivity index (χ1v) is 6.15. The van der Waals surface area contributed by atoms with Gasteiger partial charge in [-0.05, 0) is 32.6 Å². The van der Waals surface area contributed by atoms with Crippen LogP contribution in [0.3, 0.4) is 0 Å². The molecular weight excluding hydrogens is 190 g/mol. The first-order chi connectivity index (χ1) is 7.15. The standard InChI is InChI=1S/C12H25NO2/c1-4-12(5-2,9-13)14-8-11-7-6-10(3)15-11/h10-11H,4-9,13H2,1-3H3. The Labute approximate surface area is 93.3 Å². The molecule has 0 spiro atoms. The van der Waals surface area contributed by atoms with E-state index in [4.69, 9.17) is 15.2 Å². The van der Waals surface area contributed by atoms with Crippen molar-refractivity contribution in [1.29, 1.82) is 0 Å². The largest absolute Gasteiger partial charge is 0.373 e. The van der Waals surface area contributed by atoms with Crippen molar-refractivity contribution in [3.63, 3.8) is 0 Å². The van der Waals surface area contributed by atoms with Crippen LogP contribution in [0.1, 0.15) is 46.5 Å². The summed E-state index contributed by atoms with van der Waals surface area (Å²) in [4.78, 5) is 0. The van der Waals surface area contributed by atoms with Crippen LogP contribution in [0, 0.1) is 0 Å². The van der Waals surface area contributed by atoms with Crippen molar-refractivity contribution in [1.82, 2.24) is 0 Å². The Bertz CT molecular complexity index is 172. The lowest BCUT2D eigenvalue weighted by Crippen LogP contribution is -2.41. The van der Waals surface area contributed by atoms with E-state index in [0.29, 0.717) is 19.3 Å². The van der Waals surface area contributed by atoms with Gasteiger partial charge in [-0.2, -0.15) is 0 Å². The van der Waals surface area contributed by atoms with E-state index in [1.165, 1.54) is 0 Å². The summed E-state index contributed by atoms with van der Waals surface area (Å²) in [7, 11) is 0. The van der Waals surface area contributed by atoms with E-state index >= 15 is 0 Å². The van der Waals surface area contributed by atoms with Gasteiger partial charge < -0.3 is 15.2 Å². The number of nitrogens with two attached hydrogens (primary N) is 1. The highest BCUT2D eigenvalue weighted by Gasteiger charge is 2.29. The molecule has 0 radical (unpaired) electrons. The van der Waals surface area contributed by atoms with Gasteiger partial charge in [-0.1, -0.05) is 13.8 Å². The number of rotatable bonds is 6. The molecule has 1 fully saturated rings. The highest BCUT2D eigenvalue weighted by Crippen LogP contribution is 2.24. The van der Waals surface area contributed by atoms with Gasteiger partial charge in [0.15, 0.2) is 0 Å². The van der Waals surface area contributed by atoms with Crippen molar-refractivity contribution in [2.75, 3.05) is 13.2 Å². The quantitative estimate of drug-likeness (QED) is 0.738. The Morgan fingerprint density at radius 3 is 2.40 bits per heavy atom. The van der Waals surface area contributed by atoms with Crippen LogP contribution in [0.4, 0.5) is 0 Å². The minimum Gasteiger partial charge on any atom is -0.373 e. The molecule has 90 valence electrons. The smallest absolute Gasteiger partial charge is 0.0813 e. The van der Waals surface area contributed by atoms with Crippen LogP contribution < -0.4 is 5.73 Å². The lowest BCUT2D eigenvalue weighted by molar-refractivity contribution is -0.0910. The summed E-state index contributed by atoms with van der Waals surface area (Å²) in [5.74, 6) is 0. The molecule has 1 rings (SSSR count). The molecule has 0 saturated carbocycles. The van der Waals surface area contributed by atoms with Crippen molar-refractivity contribution in [2.24, 2.45) is 5.73 Å². The van der Waals surface area contributed by atoms with E-state index in [9.17, 15) is 0 Å². The minimum absolute atomic E-state index is 0.130. The molecule has 15 heavy (non-hydrogen) atoms. The maximum atomic E-state index is 5.96. The zero-order valence-electron chi connectivity index (χ0n) is 10.3. The highest BCUT2D eigenvalue weighted by atomic mass is 16.6. The lowest BCUT2D eigenvalue weighted by atomic mass is 9.97. The molecule has 2 N–H and O–H groups in total. The van der Waals surface area contributed by atoms with Gasteiger partial charge in [0.05, 0.1) is 24.4 Å². The molecule has 1 aliphatic heterocycles. The highest BCUT2D eigenvalue weighted by molar-refractivity contribution is 4.80. The molecule has 0 bridgehead atoms. The molecule has 0 aromatic heterocycles. The van der Waals surface area contributed by atoms with Gasteiger partial charge in [0.1, 0.15) is 0 Å². The third kappa shape index (κ3) is 3.44. The van der Waals surface area contributed by atoms with Crippen molar-refractivity contribution in [3.8, 4) is 0 Å². The van der Waals surface area contributed by atoms with Crippen LogP contribution in [0.15, 0.2) is 0 Å². The fourth-order valence-electron chi connectivity index (χ4n) is 2.08. The van der Waals surface area contributed by atoms with Crippen LogP contribution in [0.2, 0.25) is 0 Å². The van der Waals surface area contributed by atoms with Gasteiger partial charge in [0, 0.05) is 6.54 Å². The Morgan fingerprint density at radius 1 is 1.33 bits per heavy atom. The summed E-state index contributed by atoms with van der Waals surface area (Å²) >= 11 is 0. The third-order valence-electron chi connectivity index (χ3n) is 3.56. The molecule has 0 amide bonds. The average Bonchev–Trinajstić information content (AvgIpc) is 2.67. The Kier molecular flexibility index (Phi) is 5.03. The van der Waals surface area contributed by atoms with Crippen LogP contribution >= 0.6 is 0 Å². The lowest BCUT2D eigenvalue weighted by Gasteiger charge is -2.31. The predicted molar refractivity (Wildman–Crippen MR) is 61.9 cm³/mol. The second-order valence-corrected chi connectivity index (χ2v) is 4.55. The van der Waals surface area contributed by atoms with Crippen LogP contribution in [-0.2, 0) is 9.47 Å². The predicted octanol–water partition coefficient (Wildman–Crippen LogP) is 2.09.